The van der Waals surface area contributed by atoms with Crippen molar-refractivity contribution in [3.63, 3.8) is 0 Å². The van der Waals surface area contributed by atoms with E-state index >= 15 is 0 Å². The van der Waals surface area contributed by atoms with Gasteiger partial charge in [0.05, 0.1) is 7.11 Å². The van der Waals surface area contributed by atoms with Crippen LogP contribution in [0.2, 0.25) is 0 Å². The van der Waals surface area contributed by atoms with E-state index in [2.05, 4.69) is 4.90 Å². The van der Waals surface area contributed by atoms with Crippen molar-refractivity contribution in [2.75, 3.05) is 13.7 Å². The molecule has 1 N–H and O–H groups in total. The number of phenols is 1. The SMILES string of the molecule is COC(=O)[C@@H]1[C@H]2CCC[C@H]2CN1Cc1cccc(O)c1. The van der Waals surface area contributed by atoms with E-state index in [9.17, 15) is 9.90 Å². The van der Waals surface area contributed by atoms with Crippen molar-refractivity contribution >= 4 is 5.97 Å². The first kappa shape index (κ1) is 13.4. The summed E-state index contributed by atoms with van der Waals surface area (Å²) in [7, 11) is 1.47. The number of rotatable bonds is 3. The summed E-state index contributed by atoms with van der Waals surface area (Å²) in [5, 5.41) is 9.56. The second-order valence-electron chi connectivity index (χ2n) is 5.92. The van der Waals surface area contributed by atoms with Crippen molar-refractivity contribution in [2.24, 2.45) is 11.8 Å². The van der Waals surface area contributed by atoms with Crippen LogP contribution in [0.4, 0.5) is 0 Å². The number of nitrogens with zero attached hydrogens (tertiary/aromatic N) is 1. The van der Waals surface area contributed by atoms with Crippen LogP contribution in [0, 0.1) is 11.8 Å². The Morgan fingerprint density at radius 3 is 3.05 bits per heavy atom. The molecule has 4 nitrogen and oxygen atoms in total. The average Bonchev–Trinajstić information content (AvgIpc) is 2.98. The van der Waals surface area contributed by atoms with Gasteiger partial charge >= 0.3 is 5.97 Å². The zero-order valence-electron chi connectivity index (χ0n) is 11.8. The minimum absolute atomic E-state index is 0.112. The van der Waals surface area contributed by atoms with Gasteiger partial charge in [-0.1, -0.05) is 18.6 Å². The highest BCUT2D eigenvalue weighted by Crippen LogP contribution is 2.43. The number of hydrogen-bond acceptors (Lipinski definition) is 4. The Kier molecular flexibility index (Phi) is 3.66. The minimum Gasteiger partial charge on any atom is -0.508 e. The van der Waals surface area contributed by atoms with Crippen LogP contribution >= 0.6 is 0 Å². The number of fused-ring (bicyclic) bond motifs is 1. The van der Waals surface area contributed by atoms with E-state index in [0.717, 1.165) is 18.5 Å². The predicted octanol–water partition coefficient (Wildman–Crippen LogP) is 2.17. The number of carbonyl (C=O) groups is 1. The van der Waals surface area contributed by atoms with Gasteiger partial charge in [-0.3, -0.25) is 9.69 Å². The van der Waals surface area contributed by atoms with Crippen LogP contribution in [0.5, 0.6) is 5.75 Å². The second kappa shape index (κ2) is 5.44. The Bertz CT molecular complexity index is 502. The monoisotopic (exact) mass is 275 g/mol. The van der Waals surface area contributed by atoms with Crippen molar-refractivity contribution in [1.82, 2.24) is 4.90 Å². The lowest BCUT2D eigenvalue weighted by molar-refractivity contribution is -0.147. The van der Waals surface area contributed by atoms with E-state index in [-0.39, 0.29) is 17.8 Å². The fraction of sp³-hybridized carbons (Fsp3) is 0.562. The van der Waals surface area contributed by atoms with Gasteiger partial charge in [0.25, 0.3) is 0 Å². The van der Waals surface area contributed by atoms with Gasteiger partial charge in [0.1, 0.15) is 11.8 Å². The van der Waals surface area contributed by atoms with Crippen LogP contribution in [0.15, 0.2) is 24.3 Å². The molecule has 4 heteroatoms. The summed E-state index contributed by atoms with van der Waals surface area (Å²) >= 11 is 0. The Hall–Kier alpha value is -1.55. The highest BCUT2D eigenvalue weighted by molar-refractivity contribution is 5.76. The first-order valence-corrected chi connectivity index (χ1v) is 7.29. The molecule has 1 aliphatic carbocycles. The zero-order valence-corrected chi connectivity index (χ0v) is 11.8. The standard InChI is InChI=1S/C16H21NO3/c1-20-16(19)15-14-7-3-5-12(14)10-17(15)9-11-4-2-6-13(18)8-11/h2,4,6,8,12,14-15,18H,3,5,7,9-10H2,1H3/t12-,14-,15-/m0/s1. The third-order valence-electron chi connectivity index (χ3n) is 4.72. The van der Waals surface area contributed by atoms with Crippen molar-refractivity contribution in [1.29, 1.82) is 0 Å². The molecule has 20 heavy (non-hydrogen) atoms. The molecule has 0 bridgehead atoms. The molecule has 0 spiro atoms. The predicted molar refractivity (Wildman–Crippen MR) is 75.2 cm³/mol. The summed E-state index contributed by atoms with van der Waals surface area (Å²) in [6, 6.07) is 7.15. The van der Waals surface area contributed by atoms with E-state index in [1.54, 1.807) is 12.1 Å². The number of aromatic hydroxyl groups is 1. The number of esters is 1. The molecule has 3 atom stereocenters. The molecule has 2 fully saturated rings. The van der Waals surface area contributed by atoms with Crippen LogP contribution in [0.3, 0.4) is 0 Å². The molecule has 1 aromatic carbocycles. The molecule has 0 aromatic heterocycles. The Morgan fingerprint density at radius 1 is 1.45 bits per heavy atom. The number of benzene rings is 1. The molecule has 1 heterocycles. The van der Waals surface area contributed by atoms with Crippen LogP contribution in [0.25, 0.3) is 0 Å². The fourth-order valence-corrected chi connectivity index (χ4v) is 3.89. The van der Waals surface area contributed by atoms with E-state index in [1.165, 1.54) is 20.0 Å². The molecule has 3 rings (SSSR count). The van der Waals surface area contributed by atoms with Gasteiger partial charge in [-0.2, -0.15) is 0 Å². The highest BCUT2D eigenvalue weighted by atomic mass is 16.5. The number of hydrogen-bond donors (Lipinski definition) is 1. The minimum atomic E-state index is -0.116. The molecule has 0 radical (unpaired) electrons. The number of likely N-dealkylation sites (tertiary alicyclic amines) is 1. The number of carbonyl (C=O) groups excluding carboxylic acids is 1. The van der Waals surface area contributed by atoms with Crippen molar-refractivity contribution in [2.45, 2.75) is 31.8 Å². The molecule has 0 unspecified atom stereocenters. The van der Waals surface area contributed by atoms with Gasteiger partial charge in [0.15, 0.2) is 0 Å². The van der Waals surface area contributed by atoms with Crippen LogP contribution in [-0.2, 0) is 16.1 Å². The Labute approximate surface area is 119 Å². The Balaban J connectivity index is 1.79. The fourth-order valence-electron chi connectivity index (χ4n) is 3.89. The molecule has 1 aliphatic heterocycles. The highest BCUT2D eigenvalue weighted by Gasteiger charge is 2.47. The zero-order chi connectivity index (χ0) is 14.1. The summed E-state index contributed by atoms with van der Waals surface area (Å²) in [6.45, 7) is 1.65. The lowest BCUT2D eigenvalue weighted by Crippen LogP contribution is -2.40. The maximum atomic E-state index is 12.1. The van der Waals surface area contributed by atoms with E-state index in [0.29, 0.717) is 18.4 Å². The van der Waals surface area contributed by atoms with Crippen molar-refractivity contribution in [3.8, 4) is 5.75 Å². The smallest absolute Gasteiger partial charge is 0.323 e. The topological polar surface area (TPSA) is 49.8 Å². The molecule has 108 valence electrons. The third kappa shape index (κ3) is 2.40. The molecular weight excluding hydrogens is 254 g/mol. The largest absolute Gasteiger partial charge is 0.508 e. The van der Waals surface area contributed by atoms with E-state index in [4.69, 9.17) is 4.74 Å². The first-order valence-electron chi connectivity index (χ1n) is 7.29. The summed E-state index contributed by atoms with van der Waals surface area (Å²) in [4.78, 5) is 14.3. The molecule has 2 aliphatic rings. The van der Waals surface area contributed by atoms with Crippen LogP contribution in [-0.4, -0.2) is 35.7 Å². The van der Waals surface area contributed by atoms with E-state index in [1.807, 2.05) is 12.1 Å². The molecule has 0 amide bonds. The lowest BCUT2D eigenvalue weighted by atomic mass is 9.94. The maximum Gasteiger partial charge on any atom is 0.323 e. The van der Waals surface area contributed by atoms with Gasteiger partial charge in [-0.15, -0.1) is 0 Å². The number of ether oxygens (including phenoxy) is 1. The van der Waals surface area contributed by atoms with Crippen molar-refractivity contribution in [3.05, 3.63) is 29.8 Å². The van der Waals surface area contributed by atoms with Gasteiger partial charge < -0.3 is 9.84 Å². The summed E-state index contributed by atoms with van der Waals surface area (Å²) in [6.07, 6.45) is 3.57. The number of methoxy groups -OCH3 is 1. The number of phenolic OH excluding ortho intramolecular Hbond substituents is 1. The molecular formula is C16H21NO3. The van der Waals surface area contributed by atoms with Gasteiger partial charge in [-0.25, -0.2) is 0 Å². The van der Waals surface area contributed by atoms with Gasteiger partial charge in [0, 0.05) is 13.1 Å². The van der Waals surface area contributed by atoms with Gasteiger partial charge in [0.2, 0.25) is 0 Å². The second-order valence-corrected chi connectivity index (χ2v) is 5.92. The van der Waals surface area contributed by atoms with Crippen LogP contribution in [0.1, 0.15) is 24.8 Å². The first-order chi connectivity index (χ1) is 9.69. The van der Waals surface area contributed by atoms with Gasteiger partial charge in [-0.05, 0) is 42.4 Å². The summed E-state index contributed by atoms with van der Waals surface area (Å²) in [5.41, 5.74) is 1.04. The summed E-state index contributed by atoms with van der Waals surface area (Å²) in [5.74, 6) is 1.23. The van der Waals surface area contributed by atoms with E-state index < -0.39 is 0 Å². The molecule has 1 aromatic rings. The summed E-state index contributed by atoms with van der Waals surface area (Å²) < 4.78 is 5.00. The Morgan fingerprint density at radius 2 is 2.30 bits per heavy atom. The van der Waals surface area contributed by atoms with Crippen molar-refractivity contribution < 1.29 is 14.6 Å². The quantitative estimate of drug-likeness (QED) is 0.859. The molecule has 1 saturated heterocycles. The molecule has 1 saturated carbocycles. The lowest BCUT2D eigenvalue weighted by Gasteiger charge is -2.25. The normalized spacial score (nSPS) is 29.4. The maximum absolute atomic E-state index is 12.1. The average molecular weight is 275 g/mol. The third-order valence-corrected chi connectivity index (χ3v) is 4.72. The van der Waals surface area contributed by atoms with Crippen LogP contribution < -0.4 is 0 Å².